The number of aliphatic hydroxyl groups is 1. The van der Waals surface area contributed by atoms with Gasteiger partial charge < -0.3 is 9.84 Å². The third-order valence-corrected chi connectivity index (χ3v) is 2.68. The molecule has 0 amide bonds. The normalized spacial score (nSPS) is 25.8. The van der Waals surface area contributed by atoms with Crippen molar-refractivity contribution in [3.63, 3.8) is 0 Å². The fourth-order valence-electron chi connectivity index (χ4n) is 1.75. The number of aliphatic hydroxyl groups excluding tert-OH is 1. The quantitative estimate of drug-likeness (QED) is 0.790. The first-order chi connectivity index (χ1) is 6.84. The molecule has 0 heterocycles. The van der Waals surface area contributed by atoms with Crippen molar-refractivity contribution in [1.29, 1.82) is 0 Å². The maximum absolute atomic E-state index is 9.08. The van der Waals surface area contributed by atoms with E-state index in [0.717, 1.165) is 19.4 Å². The summed E-state index contributed by atoms with van der Waals surface area (Å²) in [6.45, 7) is 1.47. The first-order valence-electron chi connectivity index (χ1n) is 5.14. The van der Waals surface area contributed by atoms with Gasteiger partial charge in [-0.05, 0) is 24.3 Å². The van der Waals surface area contributed by atoms with Gasteiger partial charge in [0, 0.05) is 0 Å². The van der Waals surface area contributed by atoms with Crippen molar-refractivity contribution in [2.75, 3.05) is 6.61 Å². The van der Waals surface area contributed by atoms with Crippen LogP contribution in [0.25, 0.3) is 0 Å². The Morgan fingerprint density at radius 1 is 1.21 bits per heavy atom. The summed E-state index contributed by atoms with van der Waals surface area (Å²) in [4.78, 5) is 0. The van der Waals surface area contributed by atoms with E-state index in [0.29, 0.717) is 12.5 Å². The van der Waals surface area contributed by atoms with Gasteiger partial charge in [0.1, 0.15) is 0 Å². The number of hydrogen-bond donors (Lipinski definition) is 1. The van der Waals surface area contributed by atoms with Crippen LogP contribution < -0.4 is 0 Å². The molecular formula is C12H16O2. The maximum atomic E-state index is 9.08. The molecule has 76 valence electrons. The number of rotatable bonds is 4. The number of benzene rings is 1. The van der Waals surface area contributed by atoms with E-state index in [1.165, 1.54) is 5.56 Å². The lowest BCUT2D eigenvalue weighted by atomic mass is 9.83. The molecule has 2 rings (SSSR count). The Balaban J connectivity index is 1.64. The Bertz CT molecular complexity index is 265. The van der Waals surface area contributed by atoms with Gasteiger partial charge in [-0.25, -0.2) is 0 Å². The standard InChI is InChI=1S/C12H16O2/c13-12-6-11(7-12)9-14-8-10-4-2-1-3-5-10/h1-5,11-13H,6-9H2. The first-order valence-corrected chi connectivity index (χ1v) is 5.14. The lowest BCUT2D eigenvalue weighted by Crippen LogP contribution is -2.31. The van der Waals surface area contributed by atoms with Crippen LogP contribution in [0.15, 0.2) is 30.3 Å². The Hall–Kier alpha value is -0.860. The highest BCUT2D eigenvalue weighted by Gasteiger charge is 2.26. The molecule has 2 heteroatoms. The molecule has 0 unspecified atom stereocenters. The molecule has 14 heavy (non-hydrogen) atoms. The molecular weight excluding hydrogens is 176 g/mol. The van der Waals surface area contributed by atoms with E-state index in [-0.39, 0.29) is 6.10 Å². The first kappa shape index (κ1) is 9.69. The van der Waals surface area contributed by atoms with Gasteiger partial charge >= 0.3 is 0 Å². The Kier molecular flexibility index (Phi) is 3.17. The van der Waals surface area contributed by atoms with Gasteiger partial charge in [-0.3, -0.25) is 0 Å². The van der Waals surface area contributed by atoms with E-state index in [4.69, 9.17) is 9.84 Å². The molecule has 1 aliphatic rings. The van der Waals surface area contributed by atoms with Gasteiger partial charge in [0.05, 0.1) is 19.3 Å². The fraction of sp³-hybridized carbons (Fsp3) is 0.500. The van der Waals surface area contributed by atoms with Crippen LogP contribution in [-0.4, -0.2) is 17.8 Å². The van der Waals surface area contributed by atoms with E-state index < -0.39 is 0 Å². The second-order valence-corrected chi connectivity index (χ2v) is 3.99. The van der Waals surface area contributed by atoms with E-state index in [9.17, 15) is 0 Å². The summed E-state index contributed by atoms with van der Waals surface area (Å²) in [5, 5.41) is 9.08. The summed E-state index contributed by atoms with van der Waals surface area (Å²) < 4.78 is 5.56. The maximum Gasteiger partial charge on any atom is 0.0717 e. The van der Waals surface area contributed by atoms with E-state index in [1.54, 1.807) is 0 Å². The smallest absolute Gasteiger partial charge is 0.0717 e. The predicted molar refractivity (Wildman–Crippen MR) is 54.8 cm³/mol. The van der Waals surface area contributed by atoms with Gasteiger partial charge in [0.15, 0.2) is 0 Å². The van der Waals surface area contributed by atoms with Crippen LogP contribution in [0.4, 0.5) is 0 Å². The third-order valence-electron chi connectivity index (χ3n) is 2.68. The number of hydrogen-bond acceptors (Lipinski definition) is 2. The van der Waals surface area contributed by atoms with Crippen LogP contribution in [0.1, 0.15) is 18.4 Å². The van der Waals surface area contributed by atoms with E-state index >= 15 is 0 Å². The summed E-state index contributed by atoms with van der Waals surface area (Å²) in [7, 11) is 0. The van der Waals surface area contributed by atoms with Crippen molar-refractivity contribution in [1.82, 2.24) is 0 Å². The minimum atomic E-state index is -0.0691. The molecule has 0 aromatic heterocycles. The number of ether oxygens (including phenoxy) is 1. The lowest BCUT2D eigenvalue weighted by Gasteiger charge is -2.30. The van der Waals surface area contributed by atoms with Gasteiger partial charge in [-0.1, -0.05) is 30.3 Å². The van der Waals surface area contributed by atoms with Gasteiger partial charge in [0.25, 0.3) is 0 Å². The van der Waals surface area contributed by atoms with Crippen molar-refractivity contribution in [3.8, 4) is 0 Å². The minimum Gasteiger partial charge on any atom is -0.393 e. The Morgan fingerprint density at radius 2 is 1.93 bits per heavy atom. The molecule has 0 atom stereocenters. The SMILES string of the molecule is OC1CC(COCc2ccccc2)C1. The molecule has 0 saturated heterocycles. The second-order valence-electron chi connectivity index (χ2n) is 3.99. The van der Waals surface area contributed by atoms with E-state index in [1.807, 2.05) is 18.2 Å². The summed E-state index contributed by atoms with van der Waals surface area (Å²) in [6.07, 6.45) is 1.75. The van der Waals surface area contributed by atoms with Gasteiger partial charge in [0.2, 0.25) is 0 Å². The van der Waals surface area contributed by atoms with E-state index in [2.05, 4.69) is 12.1 Å². The predicted octanol–water partition coefficient (Wildman–Crippen LogP) is 1.97. The molecule has 1 aliphatic carbocycles. The van der Waals surface area contributed by atoms with Crippen molar-refractivity contribution >= 4 is 0 Å². The molecule has 0 radical (unpaired) electrons. The van der Waals surface area contributed by atoms with Crippen molar-refractivity contribution in [2.24, 2.45) is 5.92 Å². The topological polar surface area (TPSA) is 29.5 Å². The highest BCUT2D eigenvalue weighted by Crippen LogP contribution is 2.27. The van der Waals surface area contributed by atoms with Crippen LogP contribution in [0.2, 0.25) is 0 Å². The van der Waals surface area contributed by atoms with Crippen LogP contribution in [0, 0.1) is 5.92 Å². The van der Waals surface area contributed by atoms with Gasteiger partial charge in [-0.2, -0.15) is 0 Å². The summed E-state index contributed by atoms with van der Waals surface area (Å²) in [5.41, 5.74) is 1.22. The zero-order valence-electron chi connectivity index (χ0n) is 8.23. The average Bonchev–Trinajstić information content (AvgIpc) is 2.17. The van der Waals surface area contributed by atoms with Crippen LogP contribution in [0.3, 0.4) is 0 Å². The zero-order valence-corrected chi connectivity index (χ0v) is 8.23. The Morgan fingerprint density at radius 3 is 2.57 bits per heavy atom. The molecule has 1 N–H and O–H groups in total. The highest BCUT2D eigenvalue weighted by molar-refractivity contribution is 5.13. The highest BCUT2D eigenvalue weighted by atomic mass is 16.5. The molecule has 2 nitrogen and oxygen atoms in total. The lowest BCUT2D eigenvalue weighted by molar-refractivity contribution is -0.0145. The summed E-state index contributed by atoms with van der Waals surface area (Å²) >= 11 is 0. The van der Waals surface area contributed by atoms with Crippen LogP contribution >= 0.6 is 0 Å². The Labute approximate surface area is 84.5 Å². The molecule has 0 aliphatic heterocycles. The molecule has 1 fully saturated rings. The van der Waals surface area contributed by atoms with Crippen molar-refractivity contribution in [2.45, 2.75) is 25.6 Å². The third kappa shape index (κ3) is 2.56. The molecule has 1 saturated carbocycles. The molecule has 0 bridgehead atoms. The molecule has 1 aromatic carbocycles. The minimum absolute atomic E-state index is 0.0691. The van der Waals surface area contributed by atoms with Crippen molar-refractivity contribution < 1.29 is 9.84 Å². The average molecular weight is 192 g/mol. The largest absolute Gasteiger partial charge is 0.393 e. The summed E-state index contributed by atoms with van der Waals surface area (Å²) in [6, 6.07) is 10.2. The van der Waals surface area contributed by atoms with Crippen LogP contribution in [0.5, 0.6) is 0 Å². The van der Waals surface area contributed by atoms with Crippen molar-refractivity contribution in [3.05, 3.63) is 35.9 Å². The van der Waals surface area contributed by atoms with Gasteiger partial charge in [-0.15, -0.1) is 0 Å². The molecule has 0 spiro atoms. The second kappa shape index (κ2) is 4.58. The monoisotopic (exact) mass is 192 g/mol. The fourth-order valence-corrected chi connectivity index (χ4v) is 1.75. The molecule has 1 aromatic rings. The summed E-state index contributed by atoms with van der Waals surface area (Å²) in [5.74, 6) is 0.578. The van der Waals surface area contributed by atoms with Crippen LogP contribution in [-0.2, 0) is 11.3 Å². The zero-order chi connectivity index (χ0) is 9.80.